The molecule has 1 atom stereocenters. The van der Waals surface area contributed by atoms with Crippen LogP contribution in [-0.4, -0.2) is 49.9 Å². The van der Waals surface area contributed by atoms with Crippen molar-refractivity contribution in [2.75, 3.05) is 33.2 Å². The highest BCUT2D eigenvalue weighted by molar-refractivity contribution is 5.86. The summed E-state index contributed by atoms with van der Waals surface area (Å²) in [7, 11) is 1.60. The summed E-state index contributed by atoms with van der Waals surface area (Å²) in [6.07, 6.45) is 2.85. The lowest BCUT2D eigenvalue weighted by molar-refractivity contribution is -0.139. The second-order valence-corrected chi connectivity index (χ2v) is 4.48. The zero-order valence-electron chi connectivity index (χ0n) is 11.2. The third-order valence-corrected chi connectivity index (χ3v) is 3.06. The molecule has 2 N–H and O–H groups in total. The summed E-state index contributed by atoms with van der Waals surface area (Å²) < 4.78 is 0. The molecule has 0 spiro atoms. The van der Waals surface area contributed by atoms with Crippen LogP contribution in [0.4, 0.5) is 0 Å². The number of carbonyl (C=O) groups excluding carboxylic acids is 2. The van der Waals surface area contributed by atoms with E-state index in [0.29, 0.717) is 6.54 Å². The Morgan fingerprint density at radius 3 is 2.67 bits per heavy atom. The summed E-state index contributed by atoms with van der Waals surface area (Å²) in [4.78, 5) is 25.3. The molecule has 1 unspecified atom stereocenters. The summed E-state index contributed by atoms with van der Waals surface area (Å²) in [5.74, 6) is 0.0539. The standard InChI is InChI=1S/C12H23N3O2.ClH/c1-3-7-15(9-11(16)13-2)12(17)10-5-4-6-14-8-10;/h10,14H,3-9H2,1-2H3,(H,13,16);1H. The molecule has 5 nitrogen and oxygen atoms in total. The van der Waals surface area contributed by atoms with Crippen molar-refractivity contribution in [3.05, 3.63) is 0 Å². The number of halogens is 1. The van der Waals surface area contributed by atoms with Gasteiger partial charge in [0.1, 0.15) is 0 Å². The molecule has 1 fully saturated rings. The zero-order valence-corrected chi connectivity index (χ0v) is 12.0. The number of piperidine rings is 1. The number of hydrogen-bond donors (Lipinski definition) is 2. The molecule has 1 aliphatic rings. The number of nitrogens with one attached hydrogen (secondary N) is 2. The van der Waals surface area contributed by atoms with Gasteiger partial charge in [-0.05, 0) is 25.8 Å². The van der Waals surface area contributed by atoms with Crippen LogP contribution in [0.25, 0.3) is 0 Å². The van der Waals surface area contributed by atoms with E-state index in [1.165, 1.54) is 0 Å². The summed E-state index contributed by atoms with van der Waals surface area (Å²) in [6, 6.07) is 0. The van der Waals surface area contributed by atoms with Gasteiger partial charge in [0, 0.05) is 20.1 Å². The maximum absolute atomic E-state index is 12.2. The predicted octanol–water partition coefficient (Wildman–Crippen LogP) is 0.392. The Morgan fingerprint density at radius 1 is 1.44 bits per heavy atom. The Morgan fingerprint density at radius 2 is 2.17 bits per heavy atom. The summed E-state index contributed by atoms with van der Waals surface area (Å²) in [5.41, 5.74) is 0. The van der Waals surface area contributed by atoms with Crippen LogP contribution >= 0.6 is 12.4 Å². The van der Waals surface area contributed by atoms with Crippen LogP contribution in [0.15, 0.2) is 0 Å². The molecule has 1 aliphatic heterocycles. The Balaban J connectivity index is 0.00000289. The second-order valence-electron chi connectivity index (χ2n) is 4.48. The van der Waals surface area contributed by atoms with Crippen molar-refractivity contribution in [1.29, 1.82) is 0 Å². The van der Waals surface area contributed by atoms with Gasteiger partial charge in [-0.2, -0.15) is 0 Å². The largest absolute Gasteiger partial charge is 0.358 e. The zero-order chi connectivity index (χ0) is 12.7. The molecule has 2 amide bonds. The van der Waals surface area contributed by atoms with Crippen LogP contribution in [0.3, 0.4) is 0 Å². The Bertz CT molecular complexity index is 268. The van der Waals surface area contributed by atoms with Crippen LogP contribution in [0, 0.1) is 5.92 Å². The first-order chi connectivity index (χ1) is 8.19. The highest BCUT2D eigenvalue weighted by atomic mass is 35.5. The van der Waals surface area contributed by atoms with Gasteiger partial charge in [-0.3, -0.25) is 9.59 Å². The van der Waals surface area contributed by atoms with Gasteiger partial charge < -0.3 is 15.5 Å². The average Bonchev–Trinajstić information content (AvgIpc) is 2.38. The molecule has 0 aromatic heterocycles. The number of carbonyl (C=O) groups is 2. The van der Waals surface area contributed by atoms with Crippen molar-refractivity contribution in [3.8, 4) is 0 Å². The van der Waals surface area contributed by atoms with Crippen molar-refractivity contribution >= 4 is 24.2 Å². The van der Waals surface area contributed by atoms with Crippen LogP contribution in [-0.2, 0) is 9.59 Å². The monoisotopic (exact) mass is 277 g/mol. The van der Waals surface area contributed by atoms with Crippen molar-refractivity contribution < 1.29 is 9.59 Å². The van der Waals surface area contributed by atoms with Gasteiger partial charge in [0.2, 0.25) is 11.8 Å². The quantitative estimate of drug-likeness (QED) is 0.764. The van der Waals surface area contributed by atoms with Crippen LogP contribution < -0.4 is 10.6 Å². The fraction of sp³-hybridized carbons (Fsp3) is 0.833. The molecule has 0 aliphatic carbocycles. The summed E-state index contributed by atoms with van der Waals surface area (Å²) in [6.45, 7) is 4.59. The van der Waals surface area contributed by atoms with E-state index < -0.39 is 0 Å². The van der Waals surface area contributed by atoms with Crippen molar-refractivity contribution in [1.82, 2.24) is 15.5 Å². The SMILES string of the molecule is CCCN(CC(=O)NC)C(=O)C1CCCNC1.Cl. The lowest BCUT2D eigenvalue weighted by Crippen LogP contribution is -2.46. The van der Waals surface area contributed by atoms with Gasteiger partial charge in [-0.15, -0.1) is 12.4 Å². The number of nitrogens with zero attached hydrogens (tertiary/aromatic N) is 1. The average molecular weight is 278 g/mol. The van der Waals surface area contributed by atoms with Gasteiger partial charge in [0.25, 0.3) is 0 Å². The smallest absolute Gasteiger partial charge is 0.239 e. The molecular weight excluding hydrogens is 254 g/mol. The first-order valence-corrected chi connectivity index (χ1v) is 6.39. The fourth-order valence-electron chi connectivity index (χ4n) is 2.11. The topological polar surface area (TPSA) is 61.4 Å². The van der Waals surface area contributed by atoms with Crippen LogP contribution in [0.2, 0.25) is 0 Å². The number of rotatable bonds is 5. The molecule has 6 heteroatoms. The van der Waals surface area contributed by atoms with Crippen molar-refractivity contribution in [2.45, 2.75) is 26.2 Å². The molecule has 1 rings (SSSR count). The first kappa shape index (κ1) is 17.2. The maximum atomic E-state index is 12.2. The van der Waals surface area contributed by atoms with Crippen LogP contribution in [0.5, 0.6) is 0 Å². The number of amides is 2. The third kappa shape index (κ3) is 5.23. The summed E-state index contributed by atoms with van der Waals surface area (Å²) >= 11 is 0. The van der Waals surface area contributed by atoms with Gasteiger partial charge in [-0.1, -0.05) is 6.92 Å². The van der Waals surface area contributed by atoms with E-state index in [4.69, 9.17) is 0 Å². The predicted molar refractivity (Wildman–Crippen MR) is 73.8 cm³/mol. The van der Waals surface area contributed by atoms with Crippen molar-refractivity contribution in [2.24, 2.45) is 5.92 Å². The molecular formula is C12H24ClN3O2. The van der Waals surface area contributed by atoms with Crippen LogP contribution in [0.1, 0.15) is 26.2 Å². The van der Waals surface area contributed by atoms with Gasteiger partial charge in [0.05, 0.1) is 12.5 Å². The number of likely N-dealkylation sites (N-methyl/N-ethyl adjacent to an activating group) is 1. The lowest BCUT2D eigenvalue weighted by atomic mass is 9.98. The minimum atomic E-state index is -0.101. The van der Waals surface area contributed by atoms with Gasteiger partial charge in [-0.25, -0.2) is 0 Å². The Kier molecular flexibility index (Phi) is 8.75. The highest BCUT2D eigenvalue weighted by Crippen LogP contribution is 2.13. The molecule has 0 aromatic rings. The van der Waals surface area contributed by atoms with E-state index in [-0.39, 0.29) is 36.7 Å². The minimum absolute atomic E-state index is 0. The lowest BCUT2D eigenvalue weighted by Gasteiger charge is -2.29. The van der Waals surface area contributed by atoms with E-state index in [0.717, 1.165) is 32.4 Å². The van der Waals surface area contributed by atoms with E-state index >= 15 is 0 Å². The normalized spacial score (nSPS) is 18.7. The third-order valence-electron chi connectivity index (χ3n) is 3.06. The van der Waals surface area contributed by atoms with E-state index in [2.05, 4.69) is 10.6 Å². The van der Waals surface area contributed by atoms with Crippen molar-refractivity contribution in [3.63, 3.8) is 0 Å². The molecule has 1 saturated heterocycles. The second kappa shape index (κ2) is 9.16. The Labute approximate surface area is 115 Å². The molecule has 18 heavy (non-hydrogen) atoms. The molecule has 0 aromatic carbocycles. The Hall–Kier alpha value is -0.810. The van der Waals surface area contributed by atoms with E-state index in [1.807, 2.05) is 6.92 Å². The molecule has 0 saturated carbocycles. The minimum Gasteiger partial charge on any atom is -0.358 e. The molecule has 1 heterocycles. The first-order valence-electron chi connectivity index (χ1n) is 6.39. The molecule has 0 bridgehead atoms. The highest BCUT2D eigenvalue weighted by Gasteiger charge is 2.26. The fourth-order valence-corrected chi connectivity index (χ4v) is 2.11. The van der Waals surface area contributed by atoms with Gasteiger partial charge in [0.15, 0.2) is 0 Å². The molecule has 0 radical (unpaired) electrons. The van der Waals surface area contributed by atoms with E-state index in [1.54, 1.807) is 11.9 Å². The molecule has 106 valence electrons. The van der Waals surface area contributed by atoms with Gasteiger partial charge >= 0.3 is 0 Å². The summed E-state index contributed by atoms with van der Waals surface area (Å²) in [5, 5.41) is 5.80. The van der Waals surface area contributed by atoms with E-state index in [9.17, 15) is 9.59 Å². The maximum Gasteiger partial charge on any atom is 0.239 e. The number of hydrogen-bond acceptors (Lipinski definition) is 3.